The molecule has 0 aliphatic carbocycles. The maximum absolute atomic E-state index is 13.6. The van der Waals surface area contributed by atoms with Gasteiger partial charge in [-0.3, -0.25) is 9.89 Å². The summed E-state index contributed by atoms with van der Waals surface area (Å²) in [5.41, 5.74) is 2.94. The second-order valence-corrected chi connectivity index (χ2v) is 5.18. The van der Waals surface area contributed by atoms with E-state index >= 15 is 0 Å². The molecule has 0 fully saturated rings. The summed E-state index contributed by atoms with van der Waals surface area (Å²) >= 11 is 0. The zero-order valence-electron chi connectivity index (χ0n) is 11.5. The Labute approximate surface area is 124 Å². The van der Waals surface area contributed by atoms with Gasteiger partial charge in [0, 0.05) is 24.7 Å². The minimum atomic E-state index is -0.493. The number of hydrogen-bond acceptors (Lipinski definition) is 4. The average molecular weight is 297 g/mol. The zero-order valence-corrected chi connectivity index (χ0v) is 11.5. The van der Waals surface area contributed by atoms with Gasteiger partial charge >= 0.3 is 0 Å². The number of aromatic amines is 1. The van der Waals surface area contributed by atoms with Crippen molar-refractivity contribution in [1.82, 2.24) is 20.5 Å². The SMILES string of the molecule is O=C(Nc1cc2c(cn1)CNC2)c1cc(F)cc2[nH]ncc12. The number of fused-ring (bicyclic) bond motifs is 2. The van der Waals surface area contributed by atoms with Crippen LogP contribution < -0.4 is 10.6 Å². The summed E-state index contributed by atoms with van der Waals surface area (Å²) in [6, 6.07) is 4.33. The fourth-order valence-corrected chi connectivity index (χ4v) is 2.64. The van der Waals surface area contributed by atoms with Crippen LogP contribution >= 0.6 is 0 Å². The smallest absolute Gasteiger partial charge is 0.257 e. The van der Waals surface area contributed by atoms with Gasteiger partial charge in [0.1, 0.15) is 11.6 Å². The van der Waals surface area contributed by atoms with Gasteiger partial charge in [-0.1, -0.05) is 0 Å². The average Bonchev–Trinajstić information content (AvgIpc) is 3.13. The Hall–Kier alpha value is -2.80. The van der Waals surface area contributed by atoms with Gasteiger partial charge in [-0.25, -0.2) is 9.37 Å². The van der Waals surface area contributed by atoms with Crippen LogP contribution in [0.3, 0.4) is 0 Å². The predicted molar refractivity (Wildman–Crippen MR) is 78.8 cm³/mol. The van der Waals surface area contributed by atoms with Gasteiger partial charge in [-0.2, -0.15) is 5.10 Å². The number of carbonyl (C=O) groups is 1. The molecule has 2 aromatic heterocycles. The van der Waals surface area contributed by atoms with E-state index in [9.17, 15) is 9.18 Å². The molecule has 0 radical (unpaired) electrons. The van der Waals surface area contributed by atoms with E-state index in [-0.39, 0.29) is 5.56 Å². The van der Waals surface area contributed by atoms with Gasteiger partial charge in [0.25, 0.3) is 5.91 Å². The molecule has 3 N–H and O–H groups in total. The molecule has 1 aromatic carbocycles. The van der Waals surface area contributed by atoms with Gasteiger partial charge in [0.05, 0.1) is 17.3 Å². The molecular formula is C15H12FN5O. The van der Waals surface area contributed by atoms with Crippen LogP contribution in [0.15, 0.2) is 30.6 Å². The number of nitrogens with one attached hydrogen (secondary N) is 3. The number of amides is 1. The molecule has 4 rings (SSSR count). The zero-order chi connectivity index (χ0) is 15.1. The minimum Gasteiger partial charge on any atom is -0.309 e. The summed E-state index contributed by atoms with van der Waals surface area (Å²) in [4.78, 5) is 16.6. The molecule has 0 saturated heterocycles. The molecule has 0 atom stereocenters. The third-order valence-electron chi connectivity index (χ3n) is 3.72. The van der Waals surface area contributed by atoms with Crippen molar-refractivity contribution in [2.75, 3.05) is 5.32 Å². The summed E-state index contributed by atoms with van der Waals surface area (Å²) in [7, 11) is 0. The molecule has 3 aromatic rings. The maximum atomic E-state index is 13.6. The highest BCUT2D eigenvalue weighted by molar-refractivity contribution is 6.12. The fraction of sp³-hybridized carbons (Fsp3) is 0.133. The molecule has 1 aliphatic rings. The summed E-state index contributed by atoms with van der Waals surface area (Å²) in [6.07, 6.45) is 3.24. The molecular weight excluding hydrogens is 285 g/mol. The highest BCUT2D eigenvalue weighted by Crippen LogP contribution is 2.21. The van der Waals surface area contributed by atoms with Crippen molar-refractivity contribution in [3.05, 3.63) is 53.1 Å². The van der Waals surface area contributed by atoms with Crippen molar-refractivity contribution in [3.63, 3.8) is 0 Å². The van der Waals surface area contributed by atoms with Crippen molar-refractivity contribution in [3.8, 4) is 0 Å². The number of rotatable bonds is 2. The molecule has 1 aliphatic heterocycles. The molecule has 1 amide bonds. The van der Waals surface area contributed by atoms with Crippen LogP contribution in [0, 0.1) is 5.82 Å². The lowest BCUT2D eigenvalue weighted by Gasteiger charge is -2.07. The first kappa shape index (κ1) is 12.9. The fourth-order valence-electron chi connectivity index (χ4n) is 2.64. The molecule has 22 heavy (non-hydrogen) atoms. The Morgan fingerprint density at radius 1 is 1.18 bits per heavy atom. The van der Waals surface area contributed by atoms with Crippen molar-refractivity contribution in [2.24, 2.45) is 0 Å². The highest BCUT2D eigenvalue weighted by Gasteiger charge is 2.16. The normalized spacial score (nSPS) is 13.3. The largest absolute Gasteiger partial charge is 0.309 e. The van der Waals surface area contributed by atoms with Gasteiger partial charge in [-0.05, 0) is 29.3 Å². The van der Waals surface area contributed by atoms with Crippen LogP contribution in [0.25, 0.3) is 10.9 Å². The number of nitrogens with zero attached hydrogens (tertiary/aromatic N) is 2. The number of carbonyl (C=O) groups excluding carboxylic acids is 1. The number of anilines is 1. The summed E-state index contributed by atoms with van der Waals surface area (Å²) in [5, 5.41) is 13.0. The van der Waals surface area contributed by atoms with Crippen molar-refractivity contribution in [2.45, 2.75) is 13.1 Å². The minimum absolute atomic E-state index is 0.226. The van der Waals surface area contributed by atoms with Crippen molar-refractivity contribution in [1.29, 1.82) is 0 Å². The van der Waals surface area contributed by atoms with E-state index in [0.717, 1.165) is 24.2 Å². The lowest BCUT2D eigenvalue weighted by Crippen LogP contribution is -2.14. The van der Waals surface area contributed by atoms with Gasteiger partial charge < -0.3 is 10.6 Å². The van der Waals surface area contributed by atoms with Crippen LogP contribution in [-0.4, -0.2) is 21.1 Å². The van der Waals surface area contributed by atoms with Crippen LogP contribution in [0.4, 0.5) is 10.2 Å². The first-order valence-electron chi connectivity index (χ1n) is 6.83. The molecule has 0 saturated carbocycles. The standard InChI is InChI=1S/C15H12FN5O/c16-10-2-11(12-7-19-21-13(12)3-10)15(22)20-14-1-8-4-17-5-9(8)6-18-14/h1-3,6-7,17H,4-5H2,(H,19,21)(H,18,20,22). The van der Waals surface area contributed by atoms with E-state index in [4.69, 9.17) is 0 Å². The Kier molecular flexibility index (Phi) is 2.87. The Bertz CT molecular complexity index is 889. The number of hydrogen-bond donors (Lipinski definition) is 3. The van der Waals surface area contributed by atoms with E-state index in [2.05, 4.69) is 25.8 Å². The van der Waals surface area contributed by atoms with Crippen molar-refractivity contribution >= 4 is 22.6 Å². The van der Waals surface area contributed by atoms with Crippen LogP contribution in [0.2, 0.25) is 0 Å². The number of benzene rings is 1. The number of H-pyrrole nitrogens is 1. The molecule has 0 spiro atoms. The Balaban J connectivity index is 1.68. The predicted octanol–water partition coefficient (Wildman–Crippen LogP) is 1.95. The van der Waals surface area contributed by atoms with Crippen LogP contribution in [-0.2, 0) is 13.1 Å². The summed E-state index contributed by atoms with van der Waals surface area (Å²) < 4.78 is 13.6. The third kappa shape index (κ3) is 2.11. The first-order chi connectivity index (χ1) is 10.7. The summed E-state index contributed by atoms with van der Waals surface area (Å²) in [5.74, 6) is -0.453. The Morgan fingerprint density at radius 2 is 2.05 bits per heavy atom. The van der Waals surface area contributed by atoms with E-state index in [0.29, 0.717) is 16.7 Å². The van der Waals surface area contributed by atoms with Crippen LogP contribution in [0.5, 0.6) is 0 Å². The molecule has 0 bridgehead atoms. The third-order valence-corrected chi connectivity index (χ3v) is 3.72. The molecule has 6 nitrogen and oxygen atoms in total. The van der Waals surface area contributed by atoms with Crippen LogP contribution in [0.1, 0.15) is 21.5 Å². The van der Waals surface area contributed by atoms with E-state index < -0.39 is 11.7 Å². The molecule has 3 heterocycles. The number of halogens is 1. The summed E-state index contributed by atoms with van der Waals surface area (Å²) in [6.45, 7) is 1.54. The van der Waals surface area contributed by atoms with E-state index in [1.807, 2.05) is 6.07 Å². The number of pyridine rings is 1. The topological polar surface area (TPSA) is 82.7 Å². The lowest BCUT2D eigenvalue weighted by molar-refractivity contribution is 0.102. The monoisotopic (exact) mass is 297 g/mol. The second kappa shape index (κ2) is 4.88. The maximum Gasteiger partial charge on any atom is 0.257 e. The van der Waals surface area contributed by atoms with E-state index in [1.54, 1.807) is 6.20 Å². The highest BCUT2D eigenvalue weighted by atomic mass is 19.1. The molecule has 0 unspecified atom stereocenters. The van der Waals surface area contributed by atoms with Gasteiger partial charge in [0.2, 0.25) is 0 Å². The lowest BCUT2D eigenvalue weighted by atomic mass is 10.1. The van der Waals surface area contributed by atoms with Gasteiger partial charge in [-0.15, -0.1) is 0 Å². The quantitative estimate of drug-likeness (QED) is 0.675. The first-order valence-corrected chi connectivity index (χ1v) is 6.83. The second-order valence-electron chi connectivity index (χ2n) is 5.18. The van der Waals surface area contributed by atoms with Crippen molar-refractivity contribution < 1.29 is 9.18 Å². The Morgan fingerprint density at radius 3 is 2.95 bits per heavy atom. The molecule has 110 valence electrons. The van der Waals surface area contributed by atoms with Gasteiger partial charge in [0.15, 0.2) is 0 Å². The number of aromatic nitrogens is 3. The van der Waals surface area contributed by atoms with E-state index in [1.165, 1.54) is 18.3 Å². The molecule has 7 heteroatoms.